The van der Waals surface area contributed by atoms with Crippen molar-refractivity contribution in [3.05, 3.63) is 46.8 Å². The Morgan fingerprint density at radius 2 is 1.84 bits per heavy atom. The number of hydrogen-bond donors (Lipinski definition) is 0. The molecule has 1 aromatic carbocycles. The maximum absolute atomic E-state index is 13.4. The van der Waals surface area contributed by atoms with Crippen LogP contribution in [-0.2, 0) is 19.0 Å². The molecule has 1 saturated heterocycles. The van der Waals surface area contributed by atoms with Crippen molar-refractivity contribution in [1.82, 2.24) is 15.0 Å². The number of hydrogen-bond acceptors (Lipinski definition) is 8. The molecule has 1 aromatic heterocycles. The zero-order valence-corrected chi connectivity index (χ0v) is 18.3. The molecule has 1 aliphatic rings. The number of aromatic nitrogens is 3. The molecule has 0 spiro atoms. The van der Waals surface area contributed by atoms with Crippen LogP contribution in [0, 0.1) is 12.8 Å². The van der Waals surface area contributed by atoms with Gasteiger partial charge in [-0.2, -0.15) is 0 Å². The number of benzene rings is 1. The Hall–Kier alpha value is -3.07. The summed E-state index contributed by atoms with van der Waals surface area (Å²) in [6, 6.07) is 6.93. The van der Waals surface area contributed by atoms with Crippen molar-refractivity contribution in [1.29, 1.82) is 0 Å². The van der Waals surface area contributed by atoms with Gasteiger partial charge in [0.25, 0.3) is 0 Å². The molecular formula is C22H27N3O6. The standard InChI is InChI=1S/C22H27N3O6/c1-6-16-13(4)20(30-14(5)26)21(31-16)25-18(17(23-24-25)22(28)29-7-2)19(27)15-10-8-12(3)9-11-15/h8-11,13,16,20-21H,6-7H2,1-5H3/t13-,16-,20-,21-/m1/s1. The smallest absolute Gasteiger partial charge is 0.361 e. The zero-order chi connectivity index (χ0) is 22.7. The number of carbonyl (C=O) groups excluding carboxylic acids is 3. The largest absolute Gasteiger partial charge is 0.461 e. The molecule has 9 nitrogen and oxygen atoms in total. The van der Waals surface area contributed by atoms with Crippen molar-refractivity contribution < 1.29 is 28.6 Å². The van der Waals surface area contributed by atoms with Crippen LogP contribution in [0.3, 0.4) is 0 Å². The Labute approximate surface area is 180 Å². The monoisotopic (exact) mass is 429 g/mol. The van der Waals surface area contributed by atoms with E-state index in [1.807, 2.05) is 20.8 Å². The lowest BCUT2D eigenvalue weighted by Gasteiger charge is -2.21. The van der Waals surface area contributed by atoms with E-state index in [4.69, 9.17) is 14.2 Å². The second kappa shape index (κ2) is 9.38. The minimum atomic E-state index is -0.899. The summed E-state index contributed by atoms with van der Waals surface area (Å²) in [5.41, 5.74) is 1.09. The molecule has 3 rings (SSSR count). The molecule has 4 atom stereocenters. The zero-order valence-electron chi connectivity index (χ0n) is 18.3. The van der Waals surface area contributed by atoms with Crippen molar-refractivity contribution in [3.63, 3.8) is 0 Å². The second-order valence-electron chi connectivity index (χ2n) is 7.55. The summed E-state index contributed by atoms with van der Waals surface area (Å²) in [5, 5.41) is 7.99. The van der Waals surface area contributed by atoms with Crippen LogP contribution in [0.2, 0.25) is 0 Å². The minimum absolute atomic E-state index is 0.0617. The van der Waals surface area contributed by atoms with Crippen LogP contribution in [0.1, 0.15) is 72.4 Å². The number of esters is 2. The fourth-order valence-corrected chi connectivity index (χ4v) is 3.74. The van der Waals surface area contributed by atoms with E-state index >= 15 is 0 Å². The molecule has 2 aromatic rings. The molecule has 166 valence electrons. The van der Waals surface area contributed by atoms with Gasteiger partial charge in [0.05, 0.1) is 12.7 Å². The lowest BCUT2D eigenvalue weighted by molar-refractivity contribution is -0.154. The molecule has 31 heavy (non-hydrogen) atoms. The van der Waals surface area contributed by atoms with Crippen LogP contribution in [0.25, 0.3) is 0 Å². The molecule has 0 unspecified atom stereocenters. The maximum Gasteiger partial charge on any atom is 0.361 e. The van der Waals surface area contributed by atoms with Gasteiger partial charge in [-0.3, -0.25) is 9.59 Å². The summed E-state index contributed by atoms with van der Waals surface area (Å²) in [4.78, 5) is 37.7. The third-order valence-electron chi connectivity index (χ3n) is 5.34. The third-order valence-corrected chi connectivity index (χ3v) is 5.34. The van der Waals surface area contributed by atoms with Crippen LogP contribution < -0.4 is 0 Å². The lowest BCUT2D eigenvalue weighted by Crippen LogP contribution is -2.32. The SMILES string of the molecule is CCOC(=O)c1nnn([C@@H]2O[C@H](CC)[C@@H](C)[C@H]2OC(C)=O)c1C(=O)c1ccc(C)cc1. The molecule has 1 fully saturated rings. The van der Waals surface area contributed by atoms with Gasteiger partial charge in [-0.1, -0.05) is 48.9 Å². The first-order chi connectivity index (χ1) is 14.8. The van der Waals surface area contributed by atoms with Gasteiger partial charge in [-0.05, 0) is 20.3 Å². The molecule has 0 amide bonds. The summed E-state index contributed by atoms with van der Waals surface area (Å²) in [6.45, 7) is 8.87. The van der Waals surface area contributed by atoms with E-state index in [0.717, 1.165) is 5.56 Å². The summed E-state index contributed by atoms with van der Waals surface area (Å²) in [7, 11) is 0. The molecule has 0 radical (unpaired) electrons. The normalized spacial score (nSPS) is 22.9. The predicted molar refractivity (Wildman–Crippen MR) is 110 cm³/mol. The average Bonchev–Trinajstić information content (AvgIpc) is 3.30. The van der Waals surface area contributed by atoms with Crippen molar-refractivity contribution in [3.8, 4) is 0 Å². The summed E-state index contributed by atoms with van der Waals surface area (Å²) in [6.07, 6.45) is -1.13. The van der Waals surface area contributed by atoms with Crippen LogP contribution in [0.4, 0.5) is 0 Å². The minimum Gasteiger partial charge on any atom is -0.461 e. The molecule has 0 saturated carbocycles. The topological polar surface area (TPSA) is 110 Å². The van der Waals surface area contributed by atoms with Crippen molar-refractivity contribution in [2.24, 2.45) is 5.92 Å². The van der Waals surface area contributed by atoms with Gasteiger partial charge in [0.2, 0.25) is 11.5 Å². The first-order valence-electron chi connectivity index (χ1n) is 10.3. The molecule has 0 bridgehead atoms. The molecule has 0 aliphatic carbocycles. The number of nitrogens with zero attached hydrogens (tertiary/aromatic N) is 3. The van der Waals surface area contributed by atoms with E-state index in [0.29, 0.717) is 12.0 Å². The van der Waals surface area contributed by atoms with E-state index in [9.17, 15) is 14.4 Å². The van der Waals surface area contributed by atoms with Gasteiger partial charge in [-0.25, -0.2) is 9.48 Å². The van der Waals surface area contributed by atoms with Crippen molar-refractivity contribution in [2.75, 3.05) is 6.61 Å². The first kappa shape index (κ1) is 22.6. The van der Waals surface area contributed by atoms with Crippen molar-refractivity contribution >= 4 is 17.7 Å². The van der Waals surface area contributed by atoms with Crippen LogP contribution in [-0.4, -0.2) is 51.5 Å². The highest BCUT2D eigenvalue weighted by molar-refractivity contribution is 6.12. The van der Waals surface area contributed by atoms with Gasteiger partial charge < -0.3 is 14.2 Å². The van der Waals surface area contributed by atoms with Gasteiger partial charge >= 0.3 is 11.9 Å². The van der Waals surface area contributed by atoms with Gasteiger partial charge in [-0.15, -0.1) is 5.10 Å². The fourth-order valence-electron chi connectivity index (χ4n) is 3.74. The second-order valence-corrected chi connectivity index (χ2v) is 7.55. The Bertz CT molecular complexity index is 968. The van der Waals surface area contributed by atoms with Crippen LogP contribution in [0.15, 0.2) is 24.3 Å². The van der Waals surface area contributed by atoms with E-state index in [-0.39, 0.29) is 30.0 Å². The predicted octanol–water partition coefficient (Wildman–Crippen LogP) is 2.87. The van der Waals surface area contributed by atoms with Crippen molar-refractivity contribution in [2.45, 2.75) is 59.5 Å². The Morgan fingerprint density at radius 1 is 1.16 bits per heavy atom. The van der Waals surface area contributed by atoms with E-state index in [2.05, 4.69) is 10.3 Å². The number of ether oxygens (including phenoxy) is 3. The fraction of sp³-hybridized carbons (Fsp3) is 0.500. The highest BCUT2D eigenvalue weighted by Gasteiger charge is 2.47. The summed E-state index contributed by atoms with van der Waals surface area (Å²) < 4.78 is 17.9. The Morgan fingerprint density at radius 3 is 2.42 bits per heavy atom. The van der Waals surface area contributed by atoms with Crippen LogP contribution in [0.5, 0.6) is 0 Å². The molecule has 2 heterocycles. The molecule has 1 aliphatic heterocycles. The highest BCUT2D eigenvalue weighted by Crippen LogP contribution is 2.38. The average molecular weight is 429 g/mol. The summed E-state index contributed by atoms with van der Waals surface area (Å²) >= 11 is 0. The Kier molecular flexibility index (Phi) is 6.84. The van der Waals surface area contributed by atoms with Gasteiger partial charge in [0.1, 0.15) is 5.69 Å². The number of ketones is 1. The lowest BCUT2D eigenvalue weighted by atomic mass is 9.98. The van der Waals surface area contributed by atoms with E-state index < -0.39 is 30.1 Å². The van der Waals surface area contributed by atoms with Gasteiger partial charge in [0.15, 0.2) is 12.3 Å². The number of aryl methyl sites for hydroxylation is 1. The number of rotatable bonds is 7. The first-order valence-corrected chi connectivity index (χ1v) is 10.3. The third kappa shape index (κ3) is 4.51. The Balaban J connectivity index is 2.11. The quantitative estimate of drug-likeness (QED) is 0.488. The number of carbonyl (C=O) groups is 3. The van der Waals surface area contributed by atoms with E-state index in [1.165, 1.54) is 11.6 Å². The molecule has 0 N–H and O–H groups in total. The maximum atomic E-state index is 13.4. The van der Waals surface area contributed by atoms with Crippen LogP contribution >= 0.6 is 0 Å². The van der Waals surface area contributed by atoms with E-state index in [1.54, 1.807) is 31.2 Å². The molecule has 9 heteroatoms. The van der Waals surface area contributed by atoms with Gasteiger partial charge in [0, 0.05) is 18.4 Å². The highest BCUT2D eigenvalue weighted by atomic mass is 16.6. The molecular weight excluding hydrogens is 402 g/mol. The summed E-state index contributed by atoms with van der Waals surface area (Å²) in [5.74, 6) is -1.83.